The monoisotopic (exact) mass is 280 g/mol. The summed E-state index contributed by atoms with van der Waals surface area (Å²) in [7, 11) is 1.40. The smallest absolute Gasteiger partial charge is 0.305 e. The Kier molecular flexibility index (Phi) is 13.1. The van der Waals surface area contributed by atoms with Crippen molar-refractivity contribution >= 4 is 11.8 Å². The van der Waals surface area contributed by atoms with Gasteiger partial charge in [-0.25, -0.2) is 0 Å². The average Bonchev–Trinajstić information content (AvgIpc) is 2.45. The Hall–Kier alpha value is -1.38. The first-order chi connectivity index (χ1) is 9.70. The molecule has 0 aromatic carbocycles. The Morgan fingerprint density at radius 2 is 1.70 bits per heavy atom. The van der Waals surface area contributed by atoms with E-state index in [4.69, 9.17) is 0 Å². The summed E-state index contributed by atoms with van der Waals surface area (Å²) in [5.74, 6) is -0.0225. The minimum atomic E-state index is -0.176. The van der Waals surface area contributed by atoms with Gasteiger partial charge >= 0.3 is 5.97 Å². The van der Waals surface area contributed by atoms with E-state index < -0.39 is 0 Å². The van der Waals surface area contributed by atoms with Gasteiger partial charge < -0.3 is 4.74 Å². The summed E-state index contributed by atoms with van der Waals surface area (Å²) in [5.41, 5.74) is 0. The number of unbranched alkanes of at least 4 members (excludes halogenated alkanes) is 5. The van der Waals surface area contributed by atoms with E-state index in [0.29, 0.717) is 12.8 Å². The molecule has 0 aliphatic carbocycles. The number of hydrogen-bond acceptors (Lipinski definition) is 3. The van der Waals surface area contributed by atoms with Crippen molar-refractivity contribution in [1.29, 1.82) is 0 Å². The van der Waals surface area contributed by atoms with Crippen molar-refractivity contribution in [3.05, 3.63) is 24.3 Å². The standard InChI is InChI=1S/C17H28O3/c1-3-4-5-6-7-8-10-13-16(18)14-11-9-12-15-17(19)20-2/h7-8,10,13H,3-6,9,11-12,14-15H2,1-2H3. The first kappa shape index (κ1) is 18.6. The lowest BCUT2D eigenvalue weighted by atomic mass is 10.1. The minimum absolute atomic E-state index is 0.154. The predicted molar refractivity (Wildman–Crippen MR) is 82.5 cm³/mol. The van der Waals surface area contributed by atoms with Crippen LogP contribution in [0.25, 0.3) is 0 Å². The molecule has 0 unspecified atom stereocenters. The second kappa shape index (κ2) is 14.0. The molecule has 3 heteroatoms. The molecule has 0 fully saturated rings. The summed E-state index contributed by atoms with van der Waals surface area (Å²) in [6, 6.07) is 0. The van der Waals surface area contributed by atoms with Gasteiger partial charge in [-0.05, 0) is 31.8 Å². The van der Waals surface area contributed by atoms with Crippen molar-refractivity contribution in [1.82, 2.24) is 0 Å². The Morgan fingerprint density at radius 3 is 2.40 bits per heavy atom. The molecule has 0 saturated carbocycles. The number of ether oxygens (including phenoxy) is 1. The van der Waals surface area contributed by atoms with Crippen molar-refractivity contribution < 1.29 is 14.3 Å². The first-order valence-corrected chi connectivity index (χ1v) is 7.63. The molecule has 0 bridgehead atoms. The highest BCUT2D eigenvalue weighted by atomic mass is 16.5. The summed E-state index contributed by atoms with van der Waals surface area (Å²) in [6.45, 7) is 2.19. The SMILES string of the molecule is CCCCCC=CC=CC(=O)CCCCCC(=O)OC. The molecule has 0 N–H and O–H groups in total. The highest BCUT2D eigenvalue weighted by Gasteiger charge is 2.00. The van der Waals surface area contributed by atoms with Crippen molar-refractivity contribution in [3.8, 4) is 0 Å². The van der Waals surface area contributed by atoms with E-state index in [1.807, 2.05) is 12.2 Å². The van der Waals surface area contributed by atoms with Crippen molar-refractivity contribution in [2.45, 2.75) is 64.7 Å². The van der Waals surface area contributed by atoms with Gasteiger partial charge in [0.1, 0.15) is 0 Å². The van der Waals surface area contributed by atoms with E-state index in [9.17, 15) is 9.59 Å². The third-order valence-electron chi connectivity index (χ3n) is 3.04. The van der Waals surface area contributed by atoms with Crippen LogP contribution in [0.4, 0.5) is 0 Å². The zero-order chi connectivity index (χ0) is 15.1. The molecule has 0 heterocycles. The molecular formula is C17H28O3. The van der Waals surface area contributed by atoms with Gasteiger partial charge in [0.25, 0.3) is 0 Å². The molecule has 0 amide bonds. The van der Waals surface area contributed by atoms with E-state index >= 15 is 0 Å². The van der Waals surface area contributed by atoms with Crippen LogP contribution in [0.5, 0.6) is 0 Å². The van der Waals surface area contributed by atoms with E-state index in [-0.39, 0.29) is 11.8 Å². The summed E-state index contributed by atoms with van der Waals surface area (Å²) in [4.78, 5) is 22.4. The van der Waals surface area contributed by atoms with Gasteiger partial charge in [0.15, 0.2) is 5.78 Å². The fourth-order valence-electron chi connectivity index (χ4n) is 1.78. The molecule has 0 atom stereocenters. The van der Waals surface area contributed by atoms with Crippen LogP contribution in [-0.2, 0) is 14.3 Å². The molecule has 0 saturated heterocycles. The number of rotatable bonds is 12. The largest absolute Gasteiger partial charge is 0.469 e. The molecule has 0 aromatic rings. The van der Waals surface area contributed by atoms with Crippen molar-refractivity contribution in [3.63, 3.8) is 0 Å². The molecular weight excluding hydrogens is 252 g/mol. The Morgan fingerprint density at radius 1 is 0.950 bits per heavy atom. The third-order valence-corrected chi connectivity index (χ3v) is 3.04. The zero-order valence-electron chi connectivity index (χ0n) is 12.9. The van der Waals surface area contributed by atoms with E-state index in [1.165, 1.54) is 26.4 Å². The minimum Gasteiger partial charge on any atom is -0.469 e. The molecule has 0 aliphatic heterocycles. The van der Waals surface area contributed by atoms with Crippen LogP contribution in [0.3, 0.4) is 0 Å². The molecule has 0 rings (SSSR count). The van der Waals surface area contributed by atoms with Crippen LogP contribution >= 0.6 is 0 Å². The third kappa shape index (κ3) is 13.1. The van der Waals surface area contributed by atoms with Gasteiger partial charge in [-0.15, -0.1) is 0 Å². The summed E-state index contributed by atoms with van der Waals surface area (Å²) in [5, 5.41) is 0. The normalized spacial score (nSPS) is 11.3. The Bertz CT molecular complexity index is 316. The van der Waals surface area contributed by atoms with Gasteiger partial charge in [0.05, 0.1) is 7.11 Å². The van der Waals surface area contributed by atoms with Crippen molar-refractivity contribution in [2.75, 3.05) is 7.11 Å². The highest BCUT2D eigenvalue weighted by Crippen LogP contribution is 2.05. The quantitative estimate of drug-likeness (QED) is 0.231. The second-order valence-corrected chi connectivity index (χ2v) is 4.89. The number of esters is 1. The maximum absolute atomic E-state index is 11.5. The maximum Gasteiger partial charge on any atom is 0.305 e. The van der Waals surface area contributed by atoms with E-state index in [2.05, 4.69) is 17.7 Å². The van der Waals surface area contributed by atoms with Crippen LogP contribution in [0.1, 0.15) is 64.7 Å². The summed E-state index contributed by atoms with van der Waals surface area (Å²) in [6.07, 6.45) is 15.8. The molecule has 0 aliphatic rings. The van der Waals surface area contributed by atoms with Crippen LogP contribution in [0.2, 0.25) is 0 Å². The lowest BCUT2D eigenvalue weighted by Crippen LogP contribution is -1.99. The summed E-state index contributed by atoms with van der Waals surface area (Å²) < 4.78 is 4.55. The molecule has 3 nitrogen and oxygen atoms in total. The molecule has 0 aromatic heterocycles. The van der Waals surface area contributed by atoms with Gasteiger partial charge in [-0.3, -0.25) is 9.59 Å². The maximum atomic E-state index is 11.5. The molecule has 0 radical (unpaired) electrons. The Labute approximate surface area is 123 Å². The molecule has 0 spiro atoms. The van der Waals surface area contributed by atoms with Crippen LogP contribution < -0.4 is 0 Å². The Balaban J connectivity index is 3.50. The highest BCUT2D eigenvalue weighted by molar-refractivity contribution is 5.89. The predicted octanol–water partition coefficient (Wildman–Crippen LogP) is 4.37. The van der Waals surface area contributed by atoms with Gasteiger partial charge in [0, 0.05) is 12.8 Å². The molecule has 114 valence electrons. The average molecular weight is 280 g/mol. The number of carbonyl (C=O) groups excluding carboxylic acids is 2. The van der Waals surface area contributed by atoms with Crippen LogP contribution in [-0.4, -0.2) is 18.9 Å². The lowest BCUT2D eigenvalue weighted by molar-refractivity contribution is -0.140. The number of carbonyl (C=O) groups is 2. The van der Waals surface area contributed by atoms with Gasteiger partial charge in [-0.1, -0.05) is 44.4 Å². The fraction of sp³-hybridized carbons (Fsp3) is 0.647. The lowest BCUT2D eigenvalue weighted by Gasteiger charge is -1.98. The fourth-order valence-corrected chi connectivity index (χ4v) is 1.78. The summed E-state index contributed by atoms with van der Waals surface area (Å²) >= 11 is 0. The van der Waals surface area contributed by atoms with Crippen LogP contribution in [0, 0.1) is 0 Å². The van der Waals surface area contributed by atoms with Crippen LogP contribution in [0.15, 0.2) is 24.3 Å². The topological polar surface area (TPSA) is 43.4 Å². The number of ketones is 1. The molecule has 20 heavy (non-hydrogen) atoms. The van der Waals surface area contributed by atoms with Gasteiger partial charge in [0.2, 0.25) is 0 Å². The number of hydrogen-bond donors (Lipinski definition) is 0. The van der Waals surface area contributed by atoms with Crippen molar-refractivity contribution in [2.24, 2.45) is 0 Å². The number of methoxy groups -OCH3 is 1. The van der Waals surface area contributed by atoms with Gasteiger partial charge in [-0.2, -0.15) is 0 Å². The van der Waals surface area contributed by atoms with E-state index in [0.717, 1.165) is 25.7 Å². The van der Waals surface area contributed by atoms with E-state index in [1.54, 1.807) is 6.08 Å². The second-order valence-electron chi connectivity index (χ2n) is 4.89. The number of allylic oxidation sites excluding steroid dienone is 4. The first-order valence-electron chi connectivity index (χ1n) is 7.63. The zero-order valence-corrected chi connectivity index (χ0v) is 12.9.